The fourth-order valence-electron chi connectivity index (χ4n) is 1.65. The summed E-state index contributed by atoms with van der Waals surface area (Å²) in [5.74, 6) is -1.20. The molecule has 106 valence electrons. The van der Waals surface area contributed by atoms with E-state index in [2.05, 4.69) is 4.72 Å². The van der Waals surface area contributed by atoms with Gasteiger partial charge in [-0.05, 0) is 35.9 Å². The number of halogens is 2. The lowest BCUT2D eigenvalue weighted by atomic mass is 10.2. The van der Waals surface area contributed by atoms with Crippen molar-refractivity contribution in [2.45, 2.75) is 11.4 Å². The fourth-order valence-corrected chi connectivity index (χ4v) is 2.73. The molecule has 0 spiro atoms. The molecule has 0 aliphatic carbocycles. The van der Waals surface area contributed by atoms with Crippen LogP contribution in [-0.4, -0.2) is 8.42 Å². The van der Waals surface area contributed by atoms with E-state index in [1.165, 1.54) is 18.2 Å². The van der Waals surface area contributed by atoms with Crippen molar-refractivity contribution in [2.24, 2.45) is 0 Å². The number of nitrogen functional groups attached to an aromatic ring is 1. The Balaban J connectivity index is 2.19. The Labute approximate surface area is 115 Å². The third-order valence-corrected chi connectivity index (χ3v) is 3.94. The topological polar surface area (TPSA) is 72.2 Å². The summed E-state index contributed by atoms with van der Waals surface area (Å²) < 4.78 is 52.3. The van der Waals surface area contributed by atoms with Crippen LogP contribution in [0.1, 0.15) is 5.56 Å². The molecule has 0 bridgehead atoms. The number of benzene rings is 2. The van der Waals surface area contributed by atoms with Gasteiger partial charge in [0.2, 0.25) is 10.0 Å². The molecule has 0 heterocycles. The van der Waals surface area contributed by atoms with E-state index in [1.807, 2.05) is 0 Å². The summed E-state index contributed by atoms with van der Waals surface area (Å²) in [5.41, 5.74) is 5.87. The van der Waals surface area contributed by atoms with Crippen LogP contribution in [0.25, 0.3) is 0 Å². The van der Waals surface area contributed by atoms with Crippen molar-refractivity contribution >= 4 is 15.7 Å². The molecule has 0 unspecified atom stereocenters. The van der Waals surface area contributed by atoms with Gasteiger partial charge in [0.25, 0.3) is 0 Å². The molecule has 2 rings (SSSR count). The van der Waals surface area contributed by atoms with Crippen LogP contribution in [0.2, 0.25) is 0 Å². The lowest BCUT2D eigenvalue weighted by Crippen LogP contribution is -2.23. The minimum absolute atomic E-state index is 0.0103. The first-order valence-corrected chi connectivity index (χ1v) is 7.15. The summed E-state index contributed by atoms with van der Waals surface area (Å²) in [6.45, 7) is -0.101. The average Bonchev–Trinajstić information content (AvgIpc) is 2.35. The number of nitrogens with one attached hydrogen (secondary N) is 1. The van der Waals surface area contributed by atoms with Gasteiger partial charge < -0.3 is 5.73 Å². The summed E-state index contributed by atoms with van der Waals surface area (Å²) in [4.78, 5) is -0.272. The van der Waals surface area contributed by atoms with Crippen LogP contribution in [0, 0.1) is 11.6 Å². The molecule has 2 aromatic carbocycles. The van der Waals surface area contributed by atoms with Crippen molar-refractivity contribution in [3.05, 3.63) is 59.7 Å². The van der Waals surface area contributed by atoms with Crippen LogP contribution in [0.3, 0.4) is 0 Å². The smallest absolute Gasteiger partial charge is 0.241 e. The Morgan fingerprint density at radius 2 is 1.80 bits per heavy atom. The number of hydrogen-bond acceptors (Lipinski definition) is 3. The van der Waals surface area contributed by atoms with E-state index in [9.17, 15) is 17.2 Å². The van der Waals surface area contributed by atoms with Gasteiger partial charge in [-0.3, -0.25) is 0 Å². The van der Waals surface area contributed by atoms with Crippen LogP contribution < -0.4 is 10.5 Å². The average molecular weight is 298 g/mol. The standard InChI is InChI=1S/C13H12F2N2O2S/c14-10-3-1-2-9(4-10)8-17-20(18,19)13-6-11(15)5-12(16)7-13/h1-7,17H,8,16H2. The zero-order valence-corrected chi connectivity index (χ0v) is 11.1. The molecule has 0 amide bonds. The Morgan fingerprint density at radius 3 is 2.45 bits per heavy atom. The SMILES string of the molecule is Nc1cc(F)cc(S(=O)(=O)NCc2cccc(F)c2)c1. The molecule has 0 atom stereocenters. The van der Waals surface area contributed by atoms with Gasteiger partial charge in [0, 0.05) is 12.2 Å². The predicted octanol–water partition coefficient (Wildman–Crippen LogP) is 2.03. The molecule has 0 aliphatic rings. The molecule has 0 saturated carbocycles. The maximum Gasteiger partial charge on any atom is 0.241 e. The summed E-state index contributed by atoms with van der Waals surface area (Å²) >= 11 is 0. The summed E-state index contributed by atoms with van der Waals surface area (Å²) in [6.07, 6.45) is 0. The van der Waals surface area contributed by atoms with Crippen molar-refractivity contribution < 1.29 is 17.2 Å². The van der Waals surface area contributed by atoms with E-state index in [-0.39, 0.29) is 17.1 Å². The first-order valence-electron chi connectivity index (χ1n) is 5.67. The highest BCUT2D eigenvalue weighted by Gasteiger charge is 2.15. The predicted molar refractivity (Wildman–Crippen MR) is 71.2 cm³/mol. The fraction of sp³-hybridized carbons (Fsp3) is 0.0769. The van der Waals surface area contributed by atoms with Crippen LogP contribution in [-0.2, 0) is 16.6 Å². The quantitative estimate of drug-likeness (QED) is 0.848. The lowest BCUT2D eigenvalue weighted by molar-refractivity contribution is 0.576. The molecule has 0 fully saturated rings. The summed E-state index contributed by atoms with van der Waals surface area (Å²) in [5, 5.41) is 0. The minimum atomic E-state index is -3.91. The Morgan fingerprint density at radius 1 is 1.05 bits per heavy atom. The van der Waals surface area contributed by atoms with Crippen molar-refractivity contribution in [2.75, 3.05) is 5.73 Å². The van der Waals surface area contributed by atoms with Gasteiger partial charge in [0.1, 0.15) is 11.6 Å². The first kappa shape index (κ1) is 14.4. The minimum Gasteiger partial charge on any atom is -0.399 e. The van der Waals surface area contributed by atoms with Crippen molar-refractivity contribution in [3.8, 4) is 0 Å². The second-order valence-corrected chi connectivity index (χ2v) is 5.94. The third kappa shape index (κ3) is 3.52. The number of anilines is 1. The number of rotatable bonds is 4. The monoisotopic (exact) mass is 298 g/mol. The third-order valence-electron chi connectivity index (χ3n) is 2.56. The molecular formula is C13H12F2N2O2S. The normalized spacial score (nSPS) is 11.5. The Hall–Kier alpha value is -1.99. The van der Waals surface area contributed by atoms with E-state index in [4.69, 9.17) is 5.73 Å². The Bertz CT molecular complexity index is 713. The van der Waals surface area contributed by atoms with Crippen molar-refractivity contribution in [1.29, 1.82) is 0 Å². The van der Waals surface area contributed by atoms with Crippen LogP contribution in [0.5, 0.6) is 0 Å². The summed E-state index contributed by atoms with van der Waals surface area (Å²) in [7, 11) is -3.91. The number of nitrogens with two attached hydrogens (primary N) is 1. The molecule has 7 heteroatoms. The van der Waals surface area contributed by atoms with E-state index in [0.717, 1.165) is 18.2 Å². The maximum absolute atomic E-state index is 13.2. The van der Waals surface area contributed by atoms with Gasteiger partial charge in [0.15, 0.2) is 0 Å². The molecule has 0 radical (unpaired) electrons. The van der Waals surface area contributed by atoms with Crippen LogP contribution in [0.4, 0.5) is 14.5 Å². The largest absolute Gasteiger partial charge is 0.399 e. The van der Waals surface area contributed by atoms with E-state index in [1.54, 1.807) is 6.07 Å². The first-order chi connectivity index (χ1) is 9.37. The van der Waals surface area contributed by atoms with E-state index >= 15 is 0 Å². The molecule has 4 nitrogen and oxygen atoms in total. The zero-order chi connectivity index (χ0) is 14.8. The molecule has 0 saturated heterocycles. The van der Waals surface area contributed by atoms with Crippen molar-refractivity contribution in [3.63, 3.8) is 0 Å². The highest BCUT2D eigenvalue weighted by Crippen LogP contribution is 2.16. The molecule has 0 aliphatic heterocycles. The maximum atomic E-state index is 13.2. The second kappa shape index (κ2) is 5.56. The number of hydrogen-bond donors (Lipinski definition) is 2. The second-order valence-electron chi connectivity index (χ2n) is 4.17. The van der Waals surface area contributed by atoms with Gasteiger partial charge in [-0.15, -0.1) is 0 Å². The zero-order valence-electron chi connectivity index (χ0n) is 10.3. The Kier molecular flexibility index (Phi) is 4.01. The van der Waals surface area contributed by atoms with Gasteiger partial charge >= 0.3 is 0 Å². The molecule has 20 heavy (non-hydrogen) atoms. The summed E-state index contributed by atoms with van der Waals surface area (Å²) in [6, 6.07) is 8.55. The molecule has 0 aromatic heterocycles. The van der Waals surface area contributed by atoms with Gasteiger partial charge in [-0.1, -0.05) is 12.1 Å². The van der Waals surface area contributed by atoms with Crippen LogP contribution in [0.15, 0.2) is 47.4 Å². The van der Waals surface area contributed by atoms with Gasteiger partial charge in [0.05, 0.1) is 4.90 Å². The molecular weight excluding hydrogens is 286 g/mol. The van der Waals surface area contributed by atoms with Crippen molar-refractivity contribution in [1.82, 2.24) is 4.72 Å². The van der Waals surface area contributed by atoms with E-state index < -0.39 is 21.7 Å². The molecule has 3 N–H and O–H groups in total. The highest BCUT2D eigenvalue weighted by atomic mass is 32.2. The molecule has 2 aromatic rings. The van der Waals surface area contributed by atoms with Gasteiger partial charge in [-0.25, -0.2) is 21.9 Å². The number of sulfonamides is 1. The van der Waals surface area contributed by atoms with Gasteiger partial charge in [-0.2, -0.15) is 0 Å². The highest BCUT2D eigenvalue weighted by molar-refractivity contribution is 7.89. The van der Waals surface area contributed by atoms with Crippen LogP contribution >= 0.6 is 0 Å². The van der Waals surface area contributed by atoms with E-state index in [0.29, 0.717) is 5.56 Å². The lowest BCUT2D eigenvalue weighted by Gasteiger charge is -2.08.